The second-order valence-electron chi connectivity index (χ2n) is 4.07. The summed E-state index contributed by atoms with van der Waals surface area (Å²) in [5.41, 5.74) is -0.0203. The molecule has 0 N–H and O–H groups in total. The summed E-state index contributed by atoms with van der Waals surface area (Å²) < 4.78 is 5.43. The van der Waals surface area contributed by atoms with Crippen molar-refractivity contribution in [1.82, 2.24) is 0 Å². The number of esters is 1. The average molecular weight is 168 g/mol. The van der Waals surface area contributed by atoms with Crippen LogP contribution in [0.4, 0.5) is 0 Å². The first-order chi connectivity index (χ1) is 5.81. The van der Waals surface area contributed by atoms with Crippen LogP contribution in [-0.4, -0.2) is 11.6 Å². The molecule has 0 aromatic rings. The molecule has 68 valence electrons. The van der Waals surface area contributed by atoms with Gasteiger partial charge in [-0.15, -0.1) is 0 Å². The lowest BCUT2D eigenvalue weighted by Crippen LogP contribution is -2.27. The van der Waals surface area contributed by atoms with Gasteiger partial charge in [-0.3, -0.25) is 4.79 Å². The van der Waals surface area contributed by atoms with E-state index in [0.717, 1.165) is 19.3 Å². The molecule has 0 unspecified atom stereocenters. The lowest BCUT2D eigenvalue weighted by Gasteiger charge is -2.25. The number of ether oxygens (including phenoxy) is 1. The second-order valence-corrected chi connectivity index (χ2v) is 4.07. The molecule has 12 heavy (non-hydrogen) atoms. The maximum atomic E-state index is 11.0. The highest BCUT2D eigenvalue weighted by atomic mass is 16.6. The highest BCUT2D eigenvalue weighted by Crippen LogP contribution is 2.38. The quantitative estimate of drug-likeness (QED) is 0.519. The van der Waals surface area contributed by atoms with Crippen LogP contribution >= 0.6 is 0 Å². The Labute approximate surface area is 73.3 Å². The zero-order chi connectivity index (χ0) is 8.44. The van der Waals surface area contributed by atoms with Crippen LogP contribution in [0.3, 0.4) is 0 Å². The van der Waals surface area contributed by atoms with Crippen molar-refractivity contribution in [2.24, 2.45) is 0 Å². The fourth-order valence-corrected chi connectivity index (χ4v) is 2.40. The van der Waals surface area contributed by atoms with Crippen molar-refractivity contribution in [2.45, 2.75) is 57.0 Å². The Morgan fingerprint density at radius 1 is 1.00 bits per heavy atom. The van der Waals surface area contributed by atoms with Crippen LogP contribution < -0.4 is 0 Å². The summed E-state index contributed by atoms with van der Waals surface area (Å²) in [6.07, 6.45) is 8.97. The van der Waals surface area contributed by atoms with Gasteiger partial charge in [0.1, 0.15) is 5.60 Å². The molecule has 1 aliphatic heterocycles. The van der Waals surface area contributed by atoms with Gasteiger partial charge in [0.15, 0.2) is 0 Å². The minimum Gasteiger partial charge on any atom is -0.459 e. The minimum absolute atomic E-state index is 0.0203. The van der Waals surface area contributed by atoms with Gasteiger partial charge >= 0.3 is 5.97 Å². The van der Waals surface area contributed by atoms with Gasteiger partial charge in [0.2, 0.25) is 0 Å². The van der Waals surface area contributed by atoms with Crippen molar-refractivity contribution in [3.8, 4) is 0 Å². The summed E-state index contributed by atoms with van der Waals surface area (Å²) in [6.45, 7) is 0. The largest absolute Gasteiger partial charge is 0.459 e. The third-order valence-corrected chi connectivity index (χ3v) is 3.13. The summed E-state index contributed by atoms with van der Waals surface area (Å²) in [4.78, 5) is 11.0. The van der Waals surface area contributed by atoms with Crippen LogP contribution in [-0.2, 0) is 9.53 Å². The molecule has 1 spiro atoms. The van der Waals surface area contributed by atoms with Crippen molar-refractivity contribution < 1.29 is 9.53 Å². The molecule has 1 saturated carbocycles. The highest BCUT2D eigenvalue weighted by Gasteiger charge is 2.39. The van der Waals surface area contributed by atoms with E-state index in [1.807, 2.05) is 0 Å². The van der Waals surface area contributed by atoms with Crippen molar-refractivity contribution >= 4 is 5.97 Å². The molecule has 0 amide bonds. The molecule has 2 nitrogen and oxygen atoms in total. The van der Waals surface area contributed by atoms with Crippen molar-refractivity contribution in [2.75, 3.05) is 0 Å². The van der Waals surface area contributed by atoms with E-state index in [9.17, 15) is 4.79 Å². The molecule has 1 aliphatic carbocycles. The molecular weight excluding hydrogens is 152 g/mol. The lowest BCUT2D eigenvalue weighted by atomic mass is 9.91. The van der Waals surface area contributed by atoms with Crippen molar-refractivity contribution in [3.05, 3.63) is 0 Å². The second kappa shape index (κ2) is 3.08. The van der Waals surface area contributed by atoms with Crippen LogP contribution in [0.15, 0.2) is 0 Å². The van der Waals surface area contributed by atoms with Gasteiger partial charge in [-0.1, -0.05) is 12.8 Å². The first kappa shape index (κ1) is 8.09. The first-order valence-electron chi connectivity index (χ1n) is 5.03. The zero-order valence-corrected chi connectivity index (χ0v) is 7.47. The number of carbonyl (C=O) groups excluding carboxylic acids is 1. The van der Waals surface area contributed by atoms with Gasteiger partial charge in [0.05, 0.1) is 0 Å². The van der Waals surface area contributed by atoms with Crippen LogP contribution in [0.1, 0.15) is 51.4 Å². The van der Waals surface area contributed by atoms with Crippen LogP contribution in [0, 0.1) is 0 Å². The standard InChI is InChI=1S/C10H16O2/c11-9-5-8-10(12-9)6-3-1-2-4-7-10/h1-8H2. The van der Waals surface area contributed by atoms with Crippen LogP contribution in [0.2, 0.25) is 0 Å². The molecular formula is C10H16O2. The number of rotatable bonds is 0. The molecule has 0 aromatic heterocycles. The number of hydrogen-bond donors (Lipinski definition) is 0. The highest BCUT2D eigenvalue weighted by molar-refractivity contribution is 5.72. The monoisotopic (exact) mass is 168 g/mol. The Hall–Kier alpha value is -0.530. The third-order valence-electron chi connectivity index (χ3n) is 3.13. The van der Waals surface area contributed by atoms with E-state index in [1.54, 1.807) is 0 Å². The maximum absolute atomic E-state index is 11.0. The molecule has 0 radical (unpaired) electrons. The zero-order valence-electron chi connectivity index (χ0n) is 7.47. The summed E-state index contributed by atoms with van der Waals surface area (Å²) in [7, 11) is 0. The predicted molar refractivity (Wildman–Crippen MR) is 45.8 cm³/mol. The molecule has 2 aliphatic rings. The number of carbonyl (C=O) groups is 1. The smallest absolute Gasteiger partial charge is 0.306 e. The Morgan fingerprint density at radius 2 is 1.67 bits per heavy atom. The maximum Gasteiger partial charge on any atom is 0.306 e. The summed E-state index contributed by atoms with van der Waals surface area (Å²) >= 11 is 0. The predicted octanol–water partition coefficient (Wildman–Crippen LogP) is 2.42. The van der Waals surface area contributed by atoms with Gasteiger partial charge < -0.3 is 4.74 Å². The van der Waals surface area contributed by atoms with Gasteiger partial charge in [0.25, 0.3) is 0 Å². The summed E-state index contributed by atoms with van der Waals surface area (Å²) in [5.74, 6) is 0.0249. The van der Waals surface area contributed by atoms with E-state index in [4.69, 9.17) is 4.74 Å². The van der Waals surface area contributed by atoms with Gasteiger partial charge in [-0.25, -0.2) is 0 Å². The molecule has 2 fully saturated rings. The van der Waals surface area contributed by atoms with Crippen LogP contribution in [0.25, 0.3) is 0 Å². The fraction of sp³-hybridized carbons (Fsp3) is 0.900. The minimum atomic E-state index is -0.0203. The Balaban J connectivity index is 2.03. The lowest BCUT2D eigenvalue weighted by molar-refractivity contribution is -0.149. The van der Waals surface area contributed by atoms with E-state index in [2.05, 4.69) is 0 Å². The third kappa shape index (κ3) is 1.47. The molecule has 0 atom stereocenters. The summed E-state index contributed by atoms with van der Waals surface area (Å²) in [6, 6.07) is 0. The molecule has 0 aromatic carbocycles. The number of hydrogen-bond acceptors (Lipinski definition) is 2. The Morgan fingerprint density at radius 3 is 2.17 bits per heavy atom. The van der Waals surface area contributed by atoms with Gasteiger partial charge in [0, 0.05) is 6.42 Å². The first-order valence-corrected chi connectivity index (χ1v) is 5.03. The Bertz CT molecular complexity index is 178. The molecule has 1 heterocycles. The topological polar surface area (TPSA) is 26.3 Å². The normalized spacial score (nSPS) is 28.5. The SMILES string of the molecule is O=C1CCC2(CCCCCC2)O1. The average Bonchev–Trinajstić information content (AvgIpc) is 2.30. The van der Waals surface area contributed by atoms with E-state index < -0.39 is 0 Å². The molecule has 2 heteroatoms. The Kier molecular flexibility index (Phi) is 2.07. The van der Waals surface area contributed by atoms with Gasteiger partial charge in [-0.2, -0.15) is 0 Å². The molecule has 2 rings (SSSR count). The fourth-order valence-electron chi connectivity index (χ4n) is 2.40. The molecule has 0 bridgehead atoms. The van der Waals surface area contributed by atoms with E-state index in [-0.39, 0.29) is 11.6 Å². The van der Waals surface area contributed by atoms with Gasteiger partial charge in [-0.05, 0) is 32.1 Å². The van der Waals surface area contributed by atoms with Crippen molar-refractivity contribution in [1.29, 1.82) is 0 Å². The summed E-state index contributed by atoms with van der Waals surface area (Å²) in [5, 5.41) is 0. The van der Waals surface area contributed by atoms with E-state index in [0.29, 0.717) is 6.42 Å². The van der Waals surface area contributed by atoms with Crippen molar-refractivity contribution in [3.63, 3.8) is 0 Å². The van der Waals surface area contributed by atoms with E-state index in [1.165, 1.54) is 25.7 Å². The van der Waals surface area contributed by atoms with E-state index >= 15 is 0 Å². The van der Waals surface area contributed by atoms with Crippen LogP contribution in [0.5, 0.6) is 0 Å². The molecule has 1 saturated heterocycles.